The molecule has 3 heterocycles. The maximum Gasteiger partial charge on any atom is 2.00 e. The van der Waals surface area contributed by atoms with E-state index in [0.717, 1.165) is 50.1 Å². The zero-order valence-corrected chi connectivity index (χ0v) is 28.5. The predicted octanol–water partition coefficient (Wildman–Crippen LogP) is 9.89. The average molecular weight is 781 g/mol. The van der Waals surface area contributed by atoms with Gasteiger partial charge >= 0.3 is 21.1 Å². The summed E-state index contributed by atoms with van der Waals surface area (Å²) in [5.41, 5.74) is 8.27. The molecule has 7 aromatic rings. The van der Waals surface area contributed by atoms with Crippen molar-refractivity contribution in [3.05, 3.63) is 138 Å². The van der Waals surface area contributed by atoms with E-state index in [1.807, 2.05) is 38.2 Å². The second-order valence-corrected chi connectivity index (χ2v) is 12.3. The van der Waals surface area contributed by atoms with Gasteiger partial charge in [0.25, 0.3) is 0 Å². The van der Waals surface area contributed by atoms with Gasteiger partial charge in [-0.15, -0.1) is 35.7 Å². The van der Waals surface area contributed by atoms with Crippen LogP contribution in [0.4, 0.5) is 5.69 Å². The second kappa shape index (κ2) is 12.1. The average Bonchev–Trinajstić information content (AvgIpc) is 3.55. The number of benzene rings is 4. The number of nitrogens with zero attached hydrogens (tertiary/aromatic N) is 5. The van der Waals surface area contributed by atoms with E-state index in [2.05, 4.69) is 108 Å². The van der Waals surface area contributed by atoms with Gasteiger partial charge in [0, 0.05) is 28.9 Å². The fourth-order valence-corrected chi connectivity index (χ4v) is 5.78. The van der Waals surface area contributed by atoms with Gasteiger partial charge in [-0.1, -0.05) is 74.4 Å². The molecule has 0 unspecified atom stereocenters. The topological polar surface area (TPSA) is 49.2 Å². The number of hydrogen-bond donors (Lipinski definition) is 0. The molecule has 7 rings (SSSR count). The van der Waals surface area contributed by atoms with Crippen molar-refractivity contribution in [2.45, 2.75) is 40.0 Å². The number of aryl methyl sites for hydroxylation is 2. The maximum atomic E-state index is 7.68. The van der Waals surface area contributed by atoms with Crippen LogP contribution in [-0.4, -0.2) is 19.3 Å². The zero-order chi connectivity index (χ0) is 31.3. The van der Waals surface area contributed by atoms with Crippen LogP contribution in [0.15, 0.2) is 97.2 Å². The summed E-state index contributed by atoms with van der Waals surface area (Å²) in [6, 6.07) is 37.5. The van der Waals surface area contributed by atoms with Gasteiger partial charge in [0.1, 0.15) is 5.82 Å². The number of ether oxygens (including phenoxy) is 1. The van der Waals surface area contributed by atoms with E-state index in [9.17, 15) is 0 Å². The molecular formula is C39H31N5OPt. The van der Waals surface area contributed by atoms with Crippen LogP contribution >= 0.6 is 0 Å². The third-order valence-corrected chi connectivity index (χ3v) is 8.00. The third-order valence-electron chi connectivity index (χ3n) is 8.00. The number of fused-ring (bicyclic) bond motifs is 3. The first-order chi connectivity index (χ1) is 21.7. The molecule has 4 aromatic carbocycles. The standard InChI is InChI=1S/C39H31N5O.Pt/c1-25-18-26(2)44(42-25)31-21-30(40-6)22-33(23-31)45-32-13-14-34-35-19-28(27-10-8-7-9-11-27)12-15-36(35)43(37(34)24-32)38-20-29(16-17-41-38)39(3,4)5;/h7-22H,1-5H3;/q-2;+2. The Bertz CT molecular complexity index is 2270. The first kappa shape index (κ1) is 31.0. The molecule has 7 heteroatoms. The molecule has 228 valence electrons. The van der Waals surface area contributed by atoms with Crippen molar-refractivity contribution >= 4 is 27.5 Å². The van der Waals surface area contributed by atoms with Crippen molar-refractivity contribution in [2.24, 2.45) is 0 Å². The van der Waals surface area contributed by atoms with Crippen molar-refractivity contribution in [1.82, 2.24) is 19.3 Å². The summed E-state index contributed by atoms with van der Waals surface area (Å²) in [6.07, 6.45) is 1.87. The molecule has 0 atom stereocenters. The van der Waals surface area contributed by atoms with Crippen LogP contribution in [0.5, 0.6) is 11.5 Å². The molecule has 0 bridgehead atoms. The molecule has 6 nitrogen and oxygen atoms in total. The first-order valence-electron chi connectivity index (χ1n) is 14.9. The van der Waals surface area contributed by atoms with Crippen LogP contribution in [-0.2, 0) is 26.5 Å². The molecule has 0 aliphatic rings. The van der Waals surface area contributed by atoms with Crippen LogP contribution in [0.3, 0.4) is 0 Å². The van der Waals surface area contributed by atoms with Crippen molar-refractivity contribution in [3.8, 4) is 34.1 Å². The van der Waals surface area contributed by atoms with E-state index in [-0.39, 0.29) is 26.5 Å². The van der Waals surface area contributed by atoms with Crippen molar-refractivity contribution in [3.63, 3.8) is 0 Å². The molecule has 0 amide bonds. The van der Waals surface area contributed by atoms with Crippen molar-refractivity contribution < 1.29 is 25.8 Å². The number of aromatic nitrogens is 4. The number of rotatable bonds is 5. The zero-order valence-electron chi connectivity index (χ0n) is 26.2. The van der Waals surface area contributed by atoms with E-state index in [4.69, 9.17) is 16.3 Å². The molecular weight excluding hydrogens is 750 g/mol. The van der Waals surface area contributed by atoms with E-state index in [0.29, 0.717) is 22.9 Å². The van der Waals surface area contributed by atoms with E-state index < -0.39 is 0 Å². The van der Waals surface area contributed by atoms with Crippen molar-refractivity contribution in [1.29, 1.82) is 0 Å². The Kier molecular flexibility index (Phi) is 8.15. The minimum atomic E-state index is -0.0398. The molecule has 3 aromatic heterocycles. The summed E-state index contributed by atoms with van der Waals surface area (Å²) in [4.78, 5) is 8.50. The number of pyridine rings is 1. The summed E-state index contributed by atoms with van der Waals surface area (Å²) < 4.78 is 10.3. The van der Waals surface area contributed by atoms with Crippen LogP contribution in [0.2, 0.25) is 0 Å². The van der Waals surface area contributed by atoms with Crippen LogP contribution in [0, 0.1) is 32.6 Å². The van der Waals surface area contributed by atoms with Gasteiger partial charge < -0.3 is 9.30 Å². The molecule has 0 saturated carbocycles. The predicted molar refractivity (Wildman–Crippen MR) is 180 cm³/mol. The normalized spacial score (nSPS) is 11.4. The quantitative estimate of drug-likeness (QED) is 0.164. The number of hydrogen-bond acceptors (Lipinski definition) is 3. The maximum absolute atomic E-state index is 7.68. The molecule has 0 N–H and O–H groups in total. The Hall–Kier alpha value is -4.98. The van der Waals surface area contributed by atoms with Gasteiger partial charge in [0.2, 0.25) is 0 Å². The second-order valence-electron chi connectivity index (χ2n) is 12.3. The van der Waals surface area contributed by atoms with E-state index >= 15 is 0 Å². The summed E-state index contributed by atoms with van der Waals surface area (Å²) in [6.45, 7) is 18.2. The summed E-state index contributed by atoms with van der Waals surface area (Å²) in [5, 5.41) is 6.72. The Labute approximate surface area is 283 Å². The van der Waals surface area contributed by atoms with Crippen LogP contribution in [0.25, 0.3) is 49.3 Å². The smallest absolute Gasteiger partial charge is 0.510 e. The van der Waals surface area contributed by atoms with Gasteiger partial charge in [0.15, 0.2) is 0 Å². The van der Waals surface area contributed by atoms with Gasteiger partial charge in [0.05, 0.1) is 18.0 Å². The monoisotopic (exact) mass is 780 g/mol. The van der Waals surface area contributed by atoms with Gasteiger partial charge in [-0.2, -0.15) is 11.2 Å². The summed E-state index contributed by atoms with van der Waals surface area (Å²) in [5.74, 6) is 1.75. The molecule has 0 saturated heterocycles. The Morgan fingerprint density at radius 2 is 1.61 bits per heavy atom. The summed E-state index contributed by atoms with van der Waals surface area (Å²) in [7, 11) is 0. The fourth-order valence-electron chi connectivity index (χ4n) is 5.78. The largest absolute Gasteiger partial charge is 2.00 e. The van der Waals surface area contributed by atoms with Crippen LogP contribution < -0.4 is 4.74 Å². The molecule has 0 fully saturated rings. The van der Waals surface area contributed by atoms with Gasteiger partial charge in [-0.3, -0.25) is 9.53 Å². The molecule has 0 aliphatic heterocycles. The Morgan fingerprint density at radius 3 is 2.33 bits per heavy atom. The Balaban J connectivity index is 0.00000372. The molecule has 0 spiro atoms. The van der Waals surface area contributed by atoms with E-state index in [1.165, 1.54) is 5.56 Å². The van der Waals surface area contributed by atoms with Gasteiger partial charge in [-0.25, -0.2) is 4.98 Å². The summed E-state index contributed by atoms with van der Waals surface area (Å²) >= 11 is 0. The minimum absolute atomic E-state index is 0. The third kappa shape index (κ3) is 5.75. The molecule has 0 radical (unpaired) electrons. The first-order valence-corrected chi connectivity index (χ1v) is 14.9. The SMILES string of the molecule is [C-]#[N+]c1cc(Oc2[c-]c3c(cc2)c2cc(-c4ccccc4)ccc2n3-c2cc(C(C)(C)C)ccn2)[c-]c(-n2nc(C)cc2C)c1.[Pt+2]. The van der Waals surface area contributed by atoms with Crippen molar-refractivity contribution in [2.75, 3.05) is 0 Å². The molecule has 0 aliphatic carbocycles. The van der Waals surface area contributed by atoms with Crippen LogP contribution in [0.1, 0.15) is 37.7 Å². The minimum Gasteiger partial charge on any atom is -0.510 e. The Morgan fingerprint density at radius 1 is 0.804 bits per heavy atom. The molecule has 46 heavy (non-hydrogen) atoms. The van der Waals surface area contributed by atoms with Gasteiger partial charge in [-0.05, 0) is 65.6 Å². The van der Waals surface area contributed by atoms with E-state index in [1.54, 1.807) is 16.8 Å². The fraction of sp³-hybridized carbons (Fsp3) is 0.154.